The van der Waals surface area contributed by atoms with Crippen LogP contribution in [0.5, 0.6) is 0 Å². The lowest BCUT2D eigenvalue weighted by molar-refractivity contribution is -0.148. The summed E-state index contributed by atoms with van der Waals surface area (Å²) in [5.41, 5.74) is -0.232. The number of halogens is 2. The third-order valence-electron chi connectivity index (χ3n) is 1.98. The summed E-state index contributed by atoms with van der Waals surface area (Å²) in [7, 11) is 0. The van der Waals surface area contributed by atoms with E-state index in [9.17, 15) is 4.79 Å². The van der Waals surface area contributed by atoms with E-state index < -0.39 is 0 Å². The molecule has 0 radical (unpaired) electrons. The quantitative estimate of drug-likeness (QED) is 0.418. The Hall–Kier alpha value is 0.930. The first kappa shape index (κ1) is 10.0. The molecule has 1 rings (SSSR count). The molecule has 0 spiro atoms. The summed E-state index contributed by atoms with van der Waals surface area (Å²) >= 11 is 4.62. The number of esters is 1. The number of hydrogen-bond acceptors (Lipinski definition) is 2. The maximum absolute atomic E-state index is 11.3. The zero-order chi connectivity index (χ0) is 8.70. The van der Waals surface area contributed by atoms with Crippen molar-refractivity contribution in [2.45, 2.75) is 21.7 Å². The van der Waals surface area contributed by atoms with Crippen molar-refractivity contribution in [2.24, 2.45) is 5.41 Å². The van der Waals surface area contributed by atoms with Gasteiger partial charge < -0.3 is 4.74 Å². The van der Waals surface area contributed by atoms with Crippen LogP contribution < -0.4 is 0 Å². The lowest BCUT2D eigenvalue weighted by atomic mass is 10.1. The van der Waals surface area contributed by atoms with E-state index in [2.05, 4.69) is 45.2 Å². The van der Waals surface area contributed by atoms with Crippen molar-refractivity contribution >= 4 is 51.2 Å². The fourth-order valence-corrected chi connectivity index (χ4v) is 2.88. The standard InChI is InChI=1S/C7H10I2O2/c1-3-11-5(10)6(2)4-7(6,8)9/h3-4H2,1-2H3. The smallest absolute Gasteiger partial charge is 0.314 e. The lowest BCUT2D eigenvalue weighted by Gasteiger charge is -2.10. The van der Waals surface area contributed by atoms with Crippen molar-refractivity contribution in [1.82, 2.24) is 0 Å². The highest BCUT2D eigenvalue weighted by atomic mass is 127. The predicted molar refractivity (Wildman–Crippen MR) is 60.1 cm³/mol. The van der Waals surface area contributed by atoms with E-state index in [1.165, 1.54) is 0 Å². The SMILES string of the molecule is CCOC(=O)C1(C)CC1(I)I. The minimum absolute atomic E-state index is 0.0520. The Morgan fingerprint density at radius 3 is 2.36 bits per heavy atom. The lowest BCUT2D eigenvalue weighted by Crippen LogP contribution is -2.20. The Morgan fingerprint density at radius 1 is 1.64 bits per heavy atom. The van der Waals surface area contributed by atoms with Gasteiger partial charge in [-0.1, -0.05) is 45.2 Å². The van der Waals surface area contributed by atoms with Gasteiger partial charge in [0.15, 0.2) is 0 Å². The molecule has 1 aliphatic rings. The molecule has 0 saturated heterocycles. The van der Waals surface area contributed by atoms with Gasteiger partial charge in [0.1, 0.15) is 0 Å². The van der Waals surface area contributed by atoms with Crippen molar-refractivity contribution in [1.29, 1.82) is 0 Å². The minimum Gasteiger partial charge on any atom is -0.466 e. The van der Waals surface area contributed by atoms with Crippen molar-refractivity contribution in [3.8, 4) is 0 Å². The molecule has 0 aliphatic heterocycles. The summed E-state index contributed by atoms with van der Waals surface area (Å²) in [6.45, 7) is 4.29. The fourth-order valence-electron chi connectivity index (χ4n) is 0.912. The van der Waals surface area contributed by atoms with E-state index in [0.29, 0.717) is 6.61 Å². The second-order valence-electron chi connectivity index (χ2n) is 2.93. The van der Waals surface area contributed by atoms with E-state index in [-0.39, 0.29) is 12.8 Å². The van der Waals surface area contributed by atoms with E-state index in [4.69, 9.17) is 4.74 Å². The molecule has 0 N–H and O–H groups in total. The first-order valence-electron chi connectivity index (χ1n) is 3.49. The van der Waals surface area contributed by atoms with Gasteiger partial charge >= 0.3 is 5.97 Å². The molecule has 4 heteroatoms. The first-order chi connectivity index (χ1) is 4.94. The predicted octanol–water partition coefficient (Wildman–Crippen LogP) is 2.53. The molecular formula is C7H10I2O2. The molecule has 0 bridgehead atoms. The van der Waals surface area contributed by atoms with Crippen LogP contribution in [-0.4, -0.2) is 14.0 Å². The second-order valence-corrected chi connectivity index (χ2v) is 8.68. The minimum atomic E-state index is -0.232. The van der Waals surface area contributed by atoms with Crippen LogP contribution >= 0.6 is 45.2 Å². The normalized spacial score (nSPS) is 33.1. The summed E-state index contributed by atoms with van der Waals surface area (Å²) in [5, 5.41) is 0. The van der Waals surface area contributed by atoms with Crippen LogP contribution in [0.15, 0.2) is 0 Å². The maximum atomic E-state index is 11.3. The third-order valence-corrected chi connectivity index (χ3v) is 5.13. The van der Waals surface area contributed by atoms with Crippen LogP contribution in [0.4, 0.5) is 0 Å². The highest BCUT2D eigenvalue weighted by molar-refractivity contribution is 14.2. The fraction of sp³-hybridized carbons (Fsp3) is 0.857. The molecule has 0 amide bonds. The molecular weight excluding hydrogens is 370 g/mol. The molecule has 11 heavy (non-hydrogen) atoms. The Kier molecular flexibility index (Phi) is 2.74. The molecule has 0 aromatic heterocycles. The van der Waals surface area contributed by atoms with E-state index in [1.807, 2.05) is 13.8 Å². The molecule has 1 aliphatic carbocycles. The van der Waals surface area contributed by atoms with Gasteiger partial charge in [0.25, 0.3) is 0 Å². The van der Waals surface area contributed by atoms with Gasteiger partial charge in [-0.25, -0.2) is 0 Å². The number of alkyl halides is 2. The largest absolute Gasteiger partial charge is 0.466 e. The first-order valence-corrected chi connectivity index (χ1v) is 5.65. The average Bonchev–Trinajstić information content (AvgIpc) is 2.35. The monoisotopic (exact) mass is 380 g/mol. The van der Waals surface area contributed by atoms with E-state index in [1.54, 1.807) is 0 Å². The highest BCUT2D eigenvalue weighted by Crippen LogP contribution is 2.67. The van der Waals surface area contributed by atoms with Crippen LogP contribution in [0.25, 0.3) is 0 Å². The molecule has 1 atom stereocenters. The van der Waals surface area contributed by atoms with E-state index >= 15 is 0 Å². The Morgan fingerprint density at radius 2 is 2.09 bits per heavy atom. The van der Waals surface area contributed by atoms with Crippen LogP contribution in [0.2, 0.25) is 0 Å². The topological polar surface area (TPSA) is 26.3 Å². The van der Waals surface area contributed by atoms with Gasteiger partial charge in [0, 0.05) is 0 Å². The van der Waals surface area contributed by atoms with E-state index in [0.717, 1.165) is 6.42 Å². The molecule has 1 unspecified atom stereocenters. The van der Waals surface area contributed by atoms with Gasteiger partial charge in [0.05, 0.1) is 13.5 Å². The average molecular weight is 380 g/mol. The summed E-state index contributed by atoms with van der Waals surface area (Å²) in [5.74, 6) is -0.0520. The highest BCUT2D eigenvalue weighted by Gasteiger charge is 2.67. The molecule has 1 saturated carbocycles. The van der Waals surface area contributed by atoms with Gasteiger partial charge in [-0.05, 0) is 20.3 Å². The summed E-state index contributed by atoms with van der Waals surface area (Å²) in [6.07, 6.45) is 0.931. The van der Waals surface area contributed by atoms with Crippen molar-refractivity contribution in [2.75, 3.05) is 6.61 Å². The molecule has 1 fully saturated rings. The molecule has 64 valence electrons. The molecule has 0 aromatic rings. The third kappa shape index (κ3) is 1.66. The van der Waals surface area contributed by atoms with Gasteiger partial charge in [0.2, 0.25) is 0 Å². The Bertz CT molecular complexity index is 191. The van der Waals surface area contributed by atoms with Gasteiger partial charge in [-0.15, -0.1) is 0 Å². The molecule has 0 heterocycles. The molecule has 2 nitrogen and oxygen atoms in total. The van der Waals surface area contributed by atoms with Crippen LogP contribution in [0, 0.1) is 5.41 Å². The number of rotatable bonds is 2. The second kappa shape index (κ2) is 3.01. The van der Waals surface area contributed by atoms with Gasteiger partial charge in [-0.3, -0.25) is 4.79 Å². The number of carbonyl (C=O) groups excluding carboxylic acids is 1. The van der Waals surface area contributed by atoms with Crippen molar-refractivity contribution in [3.63, 3.8) is 0 Å². The molecule has 0 aromatic carbocycles. The zero-order valence-corrected chi connectivity index (χ0v) is 10.8. The van der Waals surface area contributed by atoms with Crippen LogP contribution in [-0.2, 0) is 9.53 Å². The van der Waals surface area contributed by atoms with Gasteiger partial charge in [-0.2, -0.15) is 0 Å². The van der Waals surface area contributed by atoms with Crippen molar-refractivity contribution < 1.29 is 9.53 Å². The summed E-state index contributed by atoms with van der Waals surface area (Å²) < 4.78 is 5.05. The number of ether oxygens (including phenoxy) is 1. The Labute approximate surface area is 93.7 Å². The van der Waals surface area contributed by atoms with Crippen molar-refractivity contribution in [3.05, 3.63) is 0 Å². The van der Waals surface area contributed by atoms with Crippen LogP contribution in [0.3, 0.4) is 0 Å². The summed E-state index contributed by atoms with van der Waals surface area (Å²) in [6, 6.07) is 0. The van der Waals surface area contributed by atoms with Crippen LogP contribution in [0.1, 0.15) is 20.3 Å². The summed E-state index contributed by atoms with van der Waals surface area (Å²) in [4.78, 5) is 11.3. The number of hydrogen-bond donors (Lipinski definition) is 0. The maximum Gasteiger partial charge on any atom is 0.314 e. The number of carbonyl (C=O) groups is 1. The zero-order valence-electron chi connectivity index (χ0n) is 6.49. The Balaban J connectivity index is 2.57.